The number of aryl methyl sites for hydroxylation is 1. The molecule has 2 saturated heterocycles. The first-order valence-electron chi connectivity index (χ1n) is 10.8. The van der Waals surface area contributed by atoms with E-state index in [0.717, 1.165) is 63.6 Å². The van der Waals surface area contributed by atoms with Crippen LogP contribution in [-0.2, 0) is 18.3 Å². The SMILES string of the molecule is Cn1cc(CN2CCC(Oc3cccc4c3ccn4C3CCOC3)CC2)ncc1=O. The van der Waals surface area contributed by atoms with Crippen LogP contribution in [-0.4, -0.2) is 51.4 Å². The van der Waals surface area contributed by atoms with Crippen LogP contribution in [0.4, 0.5) is 0 Å². The molecule has 0 N–H and O–H groups in total. The molecule has 0 radical (unpaired) electrons. The van der Waals surface area contributed by atoms with Crippen LogP contribution in [0.25, 0.3) is 10.9 Å². The topological polar surface area (TPSA) is 61.5 Å². The van der Waals surface area contributed by atoms with Gasteiger partial charge < -0.3 is 18.6 Å². The van der Waals surface area contributed by atoms with Crippen molar-refractivity contribution in [3.63, 3.8) is 0 Å². The van der Waals surface area contributed by atoms with E-state index in [2.05, 4.69) is 44.9 Å². The predicted octanol–water partition coefficient (Wildman–Crippen LogP) is 2.74. The molecule has 0 bridgehead atoms. The highest BCUT2D eigenvalue weighted by Gasteiger charge is 2.23. The van der Waals surface area contributed by atoms with Crippen molar-refractivity contribution >= 4 is 10.9 Å². The van der Waals surface area contributed by atoms with Gasteiger partial charge in [-0.15, -0.1) is 0 Å². The Morgan fingerprint density at radius 3 is 2.83 bits per heavy atom. The summed E-state index contributed by atoms with van der Waals surface area (Å²) in [5.74, 6) is 0.975. The number of fused-ring (bicyclic) bond motifs is 1. The Hall–Kier alpha value is -2.64. The van der Waals surface area contributed by atoms with Crippen LogP contribution in [0.5, 0.6) is 5.75 Å². The fourth-order valence-electron chi connectivity index (χ4n) is 4.55. The van der Waals surface area contributed by atoms with Gasteiger partial charge in [-0.1, -0.05) is 6.07 Å². The maximum atomic E-state index is 11.5. The highest BCUT2D eigenvalue weighted by atomic mass is 16.5. The third-order valence-electron chi connectivity index (χ3n) is 6.27. The number of likely N-dealkylation sites (tertiary alicyclic amines) is 1. The molecule has 7 nitrogen and oxygen atoms in total. The average Bonchev–Trinajstić information content (AvgIpc) is 3.42. The zero-order valence-corrected chi connectivity index (χ0v) is 17.4. The van der Waals surface area contributed by atoms with Gasteiger partial charge in [0, 0.05) is 51.1 Å². The fraction of sp³-hybridized carbons (Fsp3) is 0.478. The van der Waals surface area contributed by atoms with Crippen molar-refractivity contribution in [2.24, 2.45) is 7.05 Å². The molecule has 2 aliphatic rings. The summed E-state index contributed by atoms with van der Waals surface area (Å²) in [5.41, 5.74) is 2.08. The van der Waals surface area contributed by atoms with Crippen molar-refractivity contribution in [3.8, 4) is 5.75 Å². The molecule has 1 unspecified atom stereocenters. The maximum absolute atomic E-state index is 11.5. The summed E-state index contributed by atoms with van der Waals surface area (Å²) in [6.07, 6.45) is 8.65. The molecule has 4 heterocycles. The van der Waals surface area contributed by atoms with Crippen LogP contribution < -0.4 is 10.3 Å². The van der Waals surface area contributed by atoms with E-state index in [9.17, 15) is 4.79 Å². The van der Waals surface area contributed by atoms with E-state index < -0.39 is 0 Å². The molecule has 0 spiro atoms. The van der Waals surface area contributed by atoms with Crippen LogP contribution in [0.1, 0.15) is 31.0 Å². The van der Waals surface area contributed by atoms with Crippen LogP contribution in [0, 0.1) is 0 Å². The normalized spacial score (nSPS) is 20.8. The molecule has 2 aromatic heterocycles. The second kappa shape index (κ2) is 8.24. The summed E-state index contributed by atoms with van der Waals surface area (Å²) in [4.78, 5) is 18.2. The molecule has 0 aliphatic carbocycles. The molecule has 1 aromatic carbocycles. The second-order valence-electron chi connectivity index (χ2n) is 8.35. The molecule has 2 aliphatic heterocycles. The zero-order chi connectivity index (χ0) is 20.5. The second-order valence-corrected chi connectivity index (χ2v) is 8.35. The van der Waals surface area contributed by atoms with E-state index >= 15 is 0 Å². The molecule has 5 rings (SSSR count). The first-order chi connectivity index (χ1) is 14.7. The lowest BCUT2D eigenvalue weighted by Crippen LogP contribution is -2.38. The Morgan fingerprint density at radius 2 is 2.07 bits per heavy atom. The Labute approximate surface area is 175 Å². The van der Waals surface area contributed by atoms with Gasteiger partial charge in [-0.2, -0.15) is 0 Å². The monoisotopic (exact) mass is 408 g/mol. The summed E-state index contributed by atoms with van der Waals surface area (Å²) < 4.78 is 15.9. The number of hydrogen-bond acceptors (Lipinski definition) is 5. The fourth-order valence-corrected chi connectivity index (χ4v) is 4.55. The number of piperidine rings is 1. The third-order valence-corrected chi connectivity index (χ3v) is 6.27. The van der Waals surface area contributed by atoms with Crippen molar-refractivity contribution in [3.05, 3.63) is 58.9 Å². The number of aromatic nitrogens is 3. The number of ether oxygens (including phenoxy) is 2. The van der Waals surface area contributed by atoms with Gasteiger partial charge in [-0.25, -0.2) is 0 Å². The van der Waals surface area contributed by atoms with Crippen molar-refractivity contribution in [1.82, 2.24) is 19.0 Å². The van der Waals surface area contributed by atoms with E-state index in [1.54, 1.807) is 11.6 Å². The van der Waals surface area contributed by atoms with E-state index in [1.165, 1.54) is 17.1 Å². The molecular formula is C23H28N4O3. The van der Waals surface area contributed by atoms with Crippen molar-refractivity contribution in [2.45, 2.75) is 38.0 Å². The largest absolute Gasteiger partial charge is 0.490 e. The average molecular weight is 409 g/mol. The first-order valence-corrected chi connectivity index (χ1v) is 10.8. The minimum Gasteiger partial charge on any atom is -0.490 e. The smallest absolute Gasteiger partial charge is 0.268 e. The number of nitrogens with zero attached hydrogens (tertiary/aromatic N) is 4. The number of rotatable bonds is 5. The van der Waals surface area contributed by atoms with Gasteiger partial charge >= 0.3 is 0 Å². The summed E-state index contributed by atoms with van der Waals surface area (Å²) in [5, 5.41) is 1.18. The minimum atomic E-state index is -0.0747. The van der Waals surface area contributed by atoms with Gasteiger partial charge in [0.25, 0.3) is 5.56 Å². The highest BCUT2D eigenvalue weighted by molar-refractivity contribution is 5.86. The van der Waals surface area contributed by atoms with Gasteiger partial charge in [0.2, 0.25) is 0 Å². The Balaban J connectivity index is 1.22. The van der Waals surface area contributed by atoms with Gasteiger partial charge in [-0.3, -0.25) is 14.7 Å². The molecule has 2 fully saturated rings. The van der Waals surface area contributed by atoms with Crippen LogP contribution in [0.2, 0.25) is 0 Å². The van der Waals surface area contributed by atoms with E-state index in [4.69, 9.17) is 9.47 Å². The summed E-state index contributed by atoms with van der Waals surface area (Å²) in [7, 11) is 1.77. The van der Waals surface area contributed by atoms with Crippen molar-refractivity contribution in [1.29, 1.82) is 0 Å². The van der Waals surface area contributed by atoms with Gasteiger partial charge in [-0.05, 0) is 37.5 Å². The standard InChI is InChI=1S/C23H28N4O3/c1-25-14-17(24-13-23(25)28)15-26-9-5-19(6-10-26)30-22-4-2-3-21-20(22)7-11-27(21)18-8-12-29-16-18/h2-4,7,11,13-14,18-19H,5-6,8-10,12,15-16H2,1H3. The Bertz CT molecular complexity index is 1080. The Kier molecular flexibility index (Phi) is 5.31. The first kappa shape index (κ1) is 19.3. The highest BCUT2D eigenvalue weighted by Crippen LogP contribution is 2.32. The molecule has 1 atom stereocenters. The molecule has 7 heteroatoms. The molecule has 30 heavy (non-hydrogen) atoms. The van der Waals surface area contributed by atoms with Gasteiger partial charge in [0.05, 0.1) is 30.1 Å². The van der Waals surface area contributed by atoms with E-state index in [0.29, 0.717) is 6.04 Å². The zero-order valence-electron chi connectivity index (χ0n) is 17.4. The third kappa shape index (κ3) is 3.87. The number of benzene rings is 1. The summed E-state index contributed by atoms with van der Waals surface area (Å²) >= 11 is 0. The minimum absolute atomic E-state index is 0.0747. The molecule has 158 valence electrons. The van der Waals surface area contributed by atoms with Gasteiger partial charge in [0.1, 0.15) is 11.9 Å². The number of hydrogen-bond donors (Lipinski definition) is 0. The molecular weight excluding hydrogens is 380 g/mol. The maximum Gasteiger partial charge on any atom is 0.268 e. The summed E-state index contributed by atoms with van der Waals surface area (Å²) in [6, 6.07) is 8.93. The molecule has 0 saturated carbocycles. The van der Waals surface area contributed by atoms with Crippen LogP contribution >= 0.6 is 0 Å². The Morgan fingerprint density at radius 1 is 1.20 bits per heavy atom. The lowest BCUT2D eigenvalue weighted by atomic mass is 10.1. The molecule has 0 amide bonds. The molecule has 3 aromatic rings. The van der Waals surface area contributed by atoms with E-state index in [-0.39, 0.29) is 11.7 Å². The predicted molar refractivity (Wildman–Crippen MR) is 115 cm³/mol. The van der Waals surface area contributed by atoms with Crippen LogP contribution in [0.3, 0.4) is 0 Å². The van der Waals surface area contributed by atoms with Crippen molar-refractivity contribution < 1.29 is 9.47 Å². The van der Waals surface area contributed by atoms with E-state index in [1.807, 2.05) is 6.20 Å². The quantitative estimate of drug-likeness (QED) is 0.650. The lowest BCUT2D eigenvalue weighted by molar-refractivity contribution is 0.0971. The van der Waals surface area contributed by atoms with Crippen molar-refractivity contribution in [2.75, 3.05) is 26.3 Å². The van der Waals surface area contributed by atoms with Crippen LogP contribution in [0.15, 0.2) is 47.7 Å². The lowest BCUT2D eigenvalue weighted by Gasteiger charge is -2.32. The summed E-state index contributed by atoms with van der Waals surface area (Å²) in [6.45, 7) is 4.32. The van der Waals surface area contributed by atoms with Gasteiger partial charge in [0.15, 0.2) is 0 Å².